The van der Waals surface area contributed by atoms with Crippen molar-refractivity contribution >= 4 is 5.97 Å². The van der Waals surface area contributed by atoms with E-state index in [4.69, 9.17) is 9.47 Å². The fourth-order valence-electron chi connectivity index (χ4n) is 1.75. The van der Waals surface area contributed by atoms with Crippen LogP contribution in [0.25, 0.3) is 0 Å². The van der Waals surface area contributed by atoms with Gasteiger partial charge in [0.25, 0.3) is 0 Å². The maximum absolute atomic E-state index is 11.2. The van der Waals surface area contributed by atoms with Crippen LogP contribution in [0.1, 0.15) is 19.4 Å². The Morgan fingerprint density at radius 3 is 2.65 bits per heavy atom. The molecule has 0 radical (unpaired) electrons. The number of esters is 1. The van der Waals surface area contributed by atoms with Gasteiger partial charge in [0.1, 0.15) is 6.10 Å². The third-order valence-electron chi connectivity index (χ3n) is 2.71. The van der Waals surface area contributed by atoms with Gasteiger partial charge in [0, 0.05) is 5.92 Å². The van der Waals surface area contributed by atoms with E-state index in [9.17, 15) is 4.79 Å². The summed E-state index contributed by atoms with van der Waals surface area (Å²) >= 11 is 0. The van der Waals surface area contributed by atoms with Crippen LogP contribution in [0.4, 0.5) is 0 Å². The zero-order chi connectivity index (χ0) is 12.3. The SMILES string of the molecule is CCOC(=O)C#C[C@]1(c2ccccc2)O[C@@H]1C. The fourth-order valence-corrected chi connectivity index (χ4v) is 1.75. The normalized spacial score (nSPS) is 25.6. The molecule has 1 aliphatic rings. The predicted molar refractivity (Wildman–Crippen MR) is 63.1 cm³/mol. The molecule has 0 aliphatic carbocycles. The van der Waals surface area contributed by atoms with Gasteiger partial charge in [-0.05, 0) is 25.3 Å². The van der Waals surface area contributed by atoms with Crippen LogP contribution in [0.5, 0.6) is 0 Å². The molecule has 1 fully saturated rings. The lowest BCUT2D eigenvalue weighted by Crippen LogP contribution is -2.10. The van der Waals surface area contributed by atoms with E-state index in [2.05, 4.69) is 11.8 Å². The van der Waals surface area contributed by atoms with Gasteiger partial charge in [-0.3, -0.25) is 0 Å². The summed E-state index contributed by atoms with van der Waals surface area (Å²) < 4.78 is 10.3. The molecular weight excluding hydrogens is 216 g/mol. The first-order chi connectivity index (χ1) is 8.19. The second-order valence-electron chi connectivity index (χ2n) is 3.83. The minimum absolute atomic E-state index is 0.00632. The molecule has 3 nitrogen and oxygen atoms in total. The van der Waals surface area contributed by atoms with Gasteiger partial charge in [0.2, 0.25) is 0 Å². The molecule has 0 unspecified atom stereocenters. The average molecular weight is 230 g/mol. The molecule has 0 saturated carbocycles. The van der Waals surface area contributed by atoms with Crippen molar-refractivity contribution in [2.45, 2.75) is 25.6 Å². The molecule has 0 spiro atoms. The molecule has 1 heterocycles. The lowest BCUT2D eigenvalue weighted by atomic mass is 9.96. The van der Waals surface area contributed by atoms with Crippen LogP contribution in [0, 0.1) is 11.8 Å². The van der Waals surface area contributed by atoms with Crippen molar-refractivity contribution in [3.05, 3.63) is 35.9 Å². The van der Waals surface area contributed by atoms with Crippen molar-refractivity contribution < 1.29 is 14.3 Å². The maximum Gasteiger partial charge on any atom is 0.384 e. The summed E-state index contributed by atoms with van der Waals surface area (Å²) in [6.07, 6.45) is 0.00632. The Balaban J connectivity index is 2.20. The van der Waals surface area contributed by atoms with Gasteiger partial charge < -0.3 is 9.47 Å². The Bertz CT molecular complexity index is 469. The Kier molecular flexibility index (Phi) is 3.16. The molecule has 0 bridgehead atoms. The second kappa shape index (κ2) is 4.60. The Morgan fingerprint density at radius 1 is 1.47 bits per heavy atom. The highest BCUT2D eigenvalue weighted by Crippen LogP contribution is 2.45. The minimum Gasteiger partial charge on any atom is -0.456 e. The molecule has 1 aliphatic heterocycles. The summed E-state index contributed by atoms with van der Waals surface area (Å²) in [6, 6.07) is 9.69. The quantitative estimate of drug-likeness (QED) is 0.337. The smallest absolute Gasteiger partial charge is 0.384 e. The van der Waals surface area contributed by atoms with E-state index in [0.29, 0.717) is 6.61 Å². The number of ether oxygens (including phenoxy) is 2. The number of benzene rings is 1. The van der Waals surface area contributed by atoms with Gasteiger partial charge in [-0.2, -0.15) is 0 Å². The molecule has 17 heavy (non-hydrogen) atoms. The van der Waals surface area contributed by atoms with Crippen molar-refractivity contribution in [2.24, 2.45) is 0 Å². The van der Waals surface area contributed by atoms with Crippen LogP contribution in [0.3, 0.4) is 0 Å². The van der Waals surface area contributed by atoms with Crippen molar-refractivity contribution in [3.8, 4) is 11.8 Å². The molecule has 0 N–H and O–H groups in total. The molecule has 3 heteroatoms. The van der Waals surface area contributed by atoms with E-state index in [1.807, 2.05) is 37.3 Å². The van der Waals surface area contributed by atoms with Crippen LogP contribution >= 0.6 is 0 Å². The Hall–Kier alpha value is -1.79. The van der Waals surface area contributed by atoms with Crippen LogP contribution < -0.4 is 0 Å². The number of carbonyl (C=O) groups is 1. The fraction of sp³-hybridized carbons (Fsp3) is 0.357. The summed E-state index contributed by atoms with van der Waals surface area (Å²) in [6.45, 7) is 4.03. The van der Waals surface area contributed by atoms with Crippen molar-refractivity contribution in [1.29, 1.82) is 0 Å². The van der Waals surface area contributed by atoms with Crippen LogP contribution in [-0.4, -0.2) is 18.7 Å². The van der Waals surface area contributed by atoms with Gasteiger partial charge in [0.15, 0.2) is 5.60 Å². The Morgan fingerprint density at radius 2 is 2.12 bits per heavy atom. The van der Waals surface area contributed by atoms with Crippen molar-refractivity contribution in [2.75, 3.05) is 6.61 Å². The average Bonchev–Trinajstić information content (AvgIpc) is 3.01. The van der Waals surface area contributed by atoms with E-state index in [1.54, 1.807) is 6.92 Å². The van der Waals surface area contributed by atoms with E-state index in [0.717, 1.165) is 5.56 Å². The third kappa shape index (κ3) is 2.32. The topological polar surface area (TPSA) is 38.8 Å². The minimum atomic E-state index is -0.631. The predicted octanol–water partition coefficient (Wildman–Crippen LogP) is 1.87. The van der Waals surface area contributed by atoms with Gasteiger partial charge in [0.05, 0.1) is 6.61 Å². The van der Waals surface area contributed by atoms with E-state index >= 15 is 0 Å². The maximum atomic E-state index is 11.2. The number of carbonyl (C=O) groups excluding carboxylic acids is 1. The number of epoxide rings is 1. The summed E-state index contributed by atoms with van der Waals surface area (Å²) in [4.78, 5) is 11.2. The van der Waals surface area contributed by atoms with Crippen LogP contribution in [0.15, 0.2) is 30.3 Å². The van der Waals surface area contributed by atoms with Crippen molar-refractivity contribution in [1.82, 2.24) is 0 Å². The highest BCUT2D eigenvalue weighted by molar-refractivity contribution is 5.88. The van der Waals surface area contributed by atoms with E-state index in [1.165, 1.54) is 0 Å². The molecular formula is C14H14O3. The van der Waals surface area contributed by atoms with Crippen LogP contribution in [0.2, 0.25) is 0 Å². The van der Waals surface area contributed by atoms with E-state index in [-0.39, 0.29) is 6.10 Å². The van der Waals surface area contributed by atoms with Gasteiger partial charge >= 0.3 is 5.97 Å². The first-order valence-corrected chi connectivity index (χ1v) is 5.62. The van der Waals surface area contributed by atoms with Crippen molar-refractivity contribution in [3.63, 3.8) is 0 Å². The zero-order valence-electron chi connectivity index (χ0n) is 9.90. The Labute approximate surface area is 101 Å². The summed E-state index contributed by atoms with van der Waals surface area (Å²) in [5, 5.41) is 0. The summed E-state index contributed by atoms with van der Waals surface area (Å²) in [7, 11) is 0. The monoisotopic (exact) mass is 230 g/mol. The largest absolute Gasteiger partial charge is 0.456 e. The molecule has 0 aromatic heterocycles. The molecule has 1 aromatic rings. The van der Waals surface area contributed by atoms with Crippen LogP contribution in [-0.2, 0) is 19.9 Å². The first-order valence-electron chi connectivity index (χ1n) is 5.62. The lowest BCUT2D eigenvalue weighted by molar-refractivity contribution is -0.136. The van der Waals surface area contributed by atoms with Gasteiger partial charge in [-0.15, -0.1) is 0 Å². The summed E-state index contributed by atoms with van der Waals surface area (Å²) in [5.74, 6) is 4.84. The molecule has 0 amide bonds. The highest BCUT2D eigenvalue weighted by Gasteiger charge is 2.54. The third-order valence-corrected chi connectivity index (χ3v) is 2.71. The molecule has 2 rings (SSSR count). The highest BCUT2D eigenvalue weighted by atomic mass is 16.6. The van der Waals surface area contributed by atoms with Gasteiger partial charge in [-0.1, -0.05) is 30.3 Å². The molecule has 1 saturated heterocycles. The van der Waals surface area contributed by atoms with E-state index < -0.39 is 11.6 Å². The molecule has 2 atom stereocenters. The second-order valence-corrected chi connectivity index (χ2v) is 3.83. The summed E-state index contributed by atoms with van der Waals surface area (Å²) in [5.41, 5.74) is 0.345. The van der Waals surface area contributed by atoms with Gasteiger partial charge in [-0.25, -0.2) is 4.79 Å². The molecule has 88 valence electrons. The molecule has 1 aromatic carbocycles. The first kappa shape index (κ1) is 11.7. The number of hydrogen-bond acceptors (Lipinski definition) is 3. The zero-order valence-corrected chi connectivity index (χ0v) is 9.90. The lowest BCUT2D eigenvalue weighted by Gasteiger charge is -2.04. The standard InChI is InChI=1S/C14H14O3/c1-3-16-13(15)9-10-14(11(2)17-14)12-7-5-4-6-8-12/h4-8,11H,3H2,1-2H3/t11-,14+/m1/s1. The number of hydrogen-bond donors (Lipinski definition) is 0. The number of rotatable bonds is 2.